The van der Waals surface area contributed by atoms with Crippen LogP contribution < -0.4 is 16.0 Å². The lowest BCUT2D eigenvalue weighted by Crippen LogP contribution is -2.30. The third kappa shape index (κ3) is 5.81. The fourth-order valence-corrected chi connectivity index (χ4v) is 1.63. The second-order valence-corrected chi connectivity index (χ2v) is 4.22. The van der Waals surface area contributed by atoms with Crippen molar-refractivity contribution in [2.75, 3.05) is 39.2 Å². The van der Waals surface area contributed by atoms with Gasteiger partial charge in [-0.3, -0.25) is 9.59 Å². The molecule has 110 valence electrons. The molecule has 0 aliphatic heterocycles. The smallest absolute Gasteiger partial charge is 0.238 e. The number of likely N-dealkylation sites (N-methyl/N-ethyl adjacent to an activating group) is 1. The highest BCUT2D eigenvalue weighted by Gasteiger charge is 2.08. The molecule has 20 heavy (non-hydrogen) atoms. The molecule has 0 unspecified atom stereocenters. The van der Waals surface area contributed by atoms with Crippen molar-refractivity contribution in [3.05, 3.63) is 29.8 Å². The second-order valence-electron chi connectivity index (χ2n) is 4.22. The van der Waals surface area contributed by atoms with Crippen LogP contribution in [-0.2, 0) is 20.7 Å². The third-order valence-corrected chi connectivity index (χ3v) is 2.69. The molecule has 6 nitrogen and oxygen atoms in total. The molecule has 0 bridgehead atoms. The van der Waals surface area contributed by atoms with E-state index < -0.39 is 0 Å². The van der Waals surface area contributed by atoms with Crippen molar-refractivity contribution in [2.24, 2.45) is 0 Å². The van der Waals surface area contributed by atoms with Gasteiger partial charge in [-0.05, 0) is 11.6 Å². The van der Waals surface area contributed by atoms with E-state index in [4.69, 9.17) is 4.74 Å². The summed E-state index contributed by atoms with van der Waals surface area (Å²) < 4.78 is 4.88. The number of para-hydroxylation sites is 1. The SMILES string of the molecule is CNC(=O)Cc1ccccc1NC(=O)CNCCOC. The minimum absolute atomic E-state index is 0.0927. The third-order valence-electron chi connectivity index (χ3n) is 2.69. The Kier molecular flexibility index (Phi) is 7.31. The molecule has 0 saturated carbocycles. The van der Waals surface area contributed by atoms with Crippen LogP contribution >= 0.6 is 0 Å². The first-order valence-electron chi connectivity index (χ1n) is 6.45. The summed E-state index contributed by atoms with van der Waals surface area (Å²) in [6.07, 6.45) is 0.240. The number of carbonyl (C=O) groups is 2. The highest BCUT2D eigenvalue weighted by atomic mass is 16.5. The van der Waals surface area contributed by atoms with Gasteiger partial charge in [0.25, 0.3) is 0 Å². The van der Waals surface area contributed by atoms with Crippen LogP contribution in [0.1, 0.15) is 5.56 Å². The molecule has 0 aromatic heterocycles. The molecule has 1 aromatic rings. The van der Waals surface area contributed by atoms with Crippen molar-refractivity contribution in [1.29, 1.82) is 0 Å². The molecule has 0 saturated heterocycles. The number of anilines is 1. The second kappa shape index (κ2) is 9.06. The average Bonchev–Trinajstić information content (AvgIpc) is 2.45. The van der Waals surface area contributed by atoms with Gasteiger partial charge in [0.15, 0.2) is 0 Å². The molecule has 0 radical (unpaired) electrons. The molecule has 1 aromatic carbocycles. The Labute approximate surface area is 118 Å². The molecule has 0 fully saturated rings. The standard InChI is InChI=1S/C14H21N3O3/c1-15-13(18)9-11-5-3-4-6-12(11)17-14(19)10-16-7-8-20-2/h3-6,16H,7-10H2,1-2H3,(H,15,18)(H,17,19). The van der Waals surface area contributed by atoms with E-state index in [9.17, 15) is 9.59 Å². The lowest BCUT2D eigenvalue weighted by atomic mass is 10.1. The molecule has 6 heteroatoms. The summed E-state index contributed by atoms with van der Waals surface area (Å²) >= 11 is 0. The first-order chi connectivity index (χ1) is 9.67. The maximum absolute atomic E-state index is 11.8. The predicted molar refractivity (Wildman–Crippen MR) is 77.6 cm³/mol. The number of carbonyl (C=O) groups excluding carboxylic acids is 2. The number of hydrogen-bond donors (Lipinski definition) is 3. The zero-order valence-corrected chi connectivity index (χ0v) is 11.9. The molecule has 0 heterocycles. The number of amides is 2. The number of ether oxygens (including phenoxy) is 1. The van der Waals surface area contributed by atoms with E-state index in [2.05, 4.69) is 16.0 Å². The van der Waals surface area contributed by atoms with Crippen LogP contribution in [0.5, 0.6) is 0 Å². The van der Waals surface area contributed by atoms with Crippen molar-refractivity contribution in [2.45, 2.75) is 6.42 Å². The minimum Gasteiger partial charge on any atom is -0.383 e. The van der Waals surface area contributed by atoms with Crippen LogP contribution in [0, 0.1) is 0 Å². The Morgan fingerprint density at radius 1 is 1.20 bits per heavy atom. The zero-order chi connectivity index (χ0) is 14.8. The average molecular weight is 279 g/mol. The van der Waals surface area contributed by atoms with Gasteiger partial charge in [-0.15, -0.1) is 0 Å². The summed E-state index contributed by atoms with van der Waals surface area (Å²) in [5.41, 5.74) is 1.45. The van der Waals surface area contributed by atoms with Gasteiger partial charge in [-0.1, -0.05) is 18.2 Å². The van der Waals surface area contributed by atoms with E-state index >= 15 is 0 Å². The van der Waals surface area contributed by atoms with Crippen LogP contribution in [0.15, 0.2) is 24.3 Å². The van der Waals surface area contributed by atoms with Gasteiger partial charge >= 0.3 is 0 Å². The molecule has 2 amide bonds. The van der Waals surface area contributed by atoms with E-state index in [1.54, 1.807) is 20.2 Å². The van der Waals surface area contributed by atoms with E-state index in [-0.39, 0.29) is 24.8 Å². The summed E-state index contributed by atoms with van der Waals surface area (Å²) in [4.78, 5) is 23.2. The molecule has 0 spiro atoms. The minimum atomic E-state index is -0.148. The van der Waals surface area contributed by atoms with Crippen molar-refractivity contribution >= 4 is 17.5 Å². The summed E-state index contributed by atoms with van der Waals surface area (Å²) in [7, 11) is 3.19. The molecular weight excluding hydrogens is 258 g/mol. The predicted octanol–water partition coefficient (Wildman–Crippen LogP) is 0.150. The highest BCUT2D eigenvalue weighted by molar-refractivity contribution is 5.93. The van der Waals surface area contributed by atoms with Gasteiger partial charge in [0, 0.05) is 26.4 Å². The van der Waals surface area contributed by atoms with Crippen molar-refractivity contribution in [1.82, 2.24) is 10.6 Å². The van der Waals surface area contributed by atoms with Gasteiger partial charge in [0.1, 0.15) is 0 Å². The maximum Gasteiger partial charge on any atom is 0.238 e. The van der Waals surface area contributed by atoms with E-state index in [0.29, 0.717) is 18.8 Å². The van der Waals surface area contributed by atoms with Crippen molar-refractivity contribution in [3.8, 4) is 0 Å². The number of benzene rings is 1. The summed E-state index contributed by atoms with van der Waals surface area (Å²) in [5.74, 6) is -0.240. The monoisotopic (exact) mass is 279 g/mol. The summed E-state index contributed by atoms with van der Waals surface area (Å²) in [6.45, 7) is 1.38. The largest absolute Gasteiger partial charge is 0.383 e. The lowest BCUT2D eigenvalue weighted by molar-refractivity contribution is -0.120. The maximum atomic E-state index is 11.8. The van der Waals surface area contributed by atoms with Gasteiger partial charge in [0.05, 0.1) is 19.6 Å². The topological polar surface area (TPSA) is 79.5 Å². The van der Waals surface area contributed by atoms with Gasteiger partial charge in [-0.2, -0.15) is 0 Å². The van der Waals surface area contributed by atoms with E-state index in [1.165, 1.54) is 0 Å². The summed E-state index contributed by atoms with van der Waals surface area (Å²) in [6, 6.07) is 7.26. The molecular formula is C14H21N3O3. The van der Waals surface area contributed by atoms with Crippen LogP contribution in [0.2, 0.25) is 0 Å². The molecule has 1 rings (SSSR count). The van der Waals surface area contributed by atoms with Crippen molar-refractivity contribution in [3.63, 3.8) is 0 Å². The Morgan fingerprint density at radius 2 is 1.95 bits per heavy atom. The van der Waals surface area contributed by atoms with Gasteiger partial charge in [0.2, 0.25) is 11.8 Å². The van der Waals surface area contributed by atoms with Gasteiger partial charge in [-0.25, -0.2) is 0 Å². The molecule has 0 atom stereocenters. The fourth-order valence-electron chi connectivity index (χ4n) is 1.63. The van der Waals surface area contributed by atoms with E-state index in [1.807, 2.05) is 18.2 Å². The normalized spacial score (nSPS) is 10.1. The highest BCUT2D eigenvalue weighted by Crippen LogP contribution is 2.15. The number of nitrogens with one attached hydrogen (secondary N) is 3. The number of rotatable bonds is 8. The Bertz CT molecular complexity index is 449. The van der Waals surface area contributed by atoms with Crippen LogP contribution in [0.25, 0.3) is 0 Å². The zero-order valence-electron chi connectivity index (χ0n) is 11.9. The molecule has 0 aliphatic rings. The fraction of sp³-hybridized carbons (Fsp3) is 0.429. The van der Waals surface area contributed by atoms with Gasteiger partial charge < -0.3 is 20.7 Å². The number of methoxy groups -OCH3 is 1. The Balaban J connectivity index is 2.53. The molecule has 3 N–H and O–H groups in total. The van der Waals surface area contributed by atoms with Crippen LogP contribution in [0.3, 0.4) is 0 Å². The van der Waals surface area contributed by atoms with Crippen molar-refractivity contribution < 1.29 is 14.3 Å². The first-order valence-corrected chi connectivity index (χ1v) is 6.45. The summed E-state index contributed by atoms with van der Waals surface area (Å²) in [5, 5.41) is 8.32. The Hall–Kier alpha value is -1.92. The van der Waals surface area contributed by atoms with Crippen LogP contribution in [-0.4, -0.2) is 45.7 Å². The number of hydrogen-bond acceptors (Lipinski definition) is 4. The van der Waals surface area contributed by atoms with E-state index in [0.717, 1.165) is 5.56 Å². The quantitative estimate of drug-likeness (QED) is 0.592. The lowest BCUT2D eigenvalue weighted by Gasteiger charge is -2.11. The first kappa shape index (κ1) is 16.1. The molecule has 0 aliphatic carbocycles. The van der Waals surface area contributed by atoms with Crippen LogP contribution in [0.4, 0.5) is 5.69 Å². The Morgan fingerprint density at radius 3 is 2.65 bits per heavy atom.